The van der Waals surface area contributed by atoms with Gasteiger partial charge in [0.05, 0.1) is 5.56 Å². The molecule has 1 aliphatic heterocycles. The molecule has 1 aromatic heterocycles. The summed E-state index contributed by atoms with van der Waals surface area (Å²) in [5.41, 5.74) is 5.86. The molecule has 1 atom stereocenters. The summed E-state index contributed by atoms with van der Waals surface area (Å²) in [4.78, 5) is 30.9. The Hall–Kier alpha value is -1.95. The van der Waals surface area contributed by atoms with Crippen LogP contribution in [0.3, 0.4) is 0 Å². The number of carbonyl (C=O) groups is 2. The van der Waals surface area contributed by atoms with Crippen molar-refractivity contribution < 1.29 is 9.59 Å². The third-order valence-electron chi connectivity index (χ3n) is 3.17. The van der Waals surface area contributed by atoms with E-state index in [1.54, 1.807) is 23.2 Å². The molecule has 18 heavy (non-hydrogen) atoms. The normalized spacial score (nSPS) is 20.7. The van der Waals surface area contributed by atoms with Crippen molar-refractivity contribution in [3.8, 4) is 0 Å². The van der Waals surface area contributed by atoms with Gasteiger partial charge in [0.1, 0.15) is 6.04 Å². The molecule has 1 aliphatic rings. The number of hydrogen-bond acceptors (Lipinski definition) is 4. The number of nitrogens with zero attached hydrogens (tertiary/aromatic N) is 3. The number of nitrogens with two attached hydrogens (primary N) is 1. The fourth-order valence-corrected chi connectivity index (χ4v) is 2.04. The Bertz CT molecular complexity index is 449. The van der Waals surface area contributed by atoms with E-state index in [4.69, 9.17) is 5.73 Å². The third kappa shape index (κ3) is 2.48. The topological polar surface area (TPSA) is 79.5 Å². The van der Waals surface area contributed by atoms with Gasteiger partial charge in [0.15, 0.2) is 0 Å². The van der Waals surface area contributed by atoms with E-state index in [2.05, 4.69) is 4.98 Å². The fourth-order valence-electron chi connectivity index (χ4n) is 2.04. The summed E-state index contributed by atoms with van der Waals surface area (Å²) in [5.74, 6) is -0.511. The van der Waals surface area contributed by atoms with Crippen LogP contribution in [0.1, 0.15) is 10.4 Å². The maximum atomic E-state index is 12.2. The Kier molecular flexibility index (Phi) is 3.57. The van der Waals surface area contributed by atoms with E-state index in [9.17, 15) is 9.59 Å². The van der Waals surface area contributed by atoms with Gasteiger partial charge in [-0.3, -0.25) is 19.5 Å². The molecule has 6 heteroatoms. The van der Waals surface area contributed by atoms with E-state index >= 15 is 0 Å². The van der Waals surface area contributed by atoms with Gasteiger partial charge in [0, 0.05) is 32.0 Å². The highest BCUT2D eigenvalue weighted by molar-refractivity contribution is 5.94. The molecule has 2 amide bonds. The van der Waals surface area contributed by atoms with Crippen LogP contribution in [0.2, 0.25) is 0 Å². The summed E-state index contributed by atoms with van der Waals surface area (Å²) < 4.78 is 0. The molecule has 2 rings (SSSR count). The fraction of sp³-hybridized carbons (Fsp3) is 0.417. The Morgan fingerprint density at radius 3 is 2.83 bits per heavy atom. The Morgan fingerprint density at radius 1 is 1.44 bits per heavy atom. The number of carbonyl (C=O) groups excluding carboxylic acids is 2. The number of amides is 2. The Morgan fingerprint density at radius 2 is 2.22 bits per heavy atom. The molecule has 0 spiro atoms. The van der Waals surface area contributed by atoms with Crippen LogP contribution in [0, 0.1) is 0 Å². The first-order valence-electron chi connectivity index (χ1n) is 5.78. The van der Waals surface area contributed by atoms with Gasteiger partial charge in [-0.15, -0.1) is 0 Å². The molecule has 0 bridgehead atoms. The minimum atomic E-state index is -0.417. The zero-order valence-electron chi connectivity index (χ0n) is 10.2. The lowest BCUT2D eigenvalue weighted by Gasteiger charge is -2.37. The molecule has 1 saturated heterocycles. The number of primary amides is 1. The second-order valence-electron chi connectivity index (χ2n) is 4.39. The molecule has 6 nitrogen and oxygen atoms in total. The predicted octanol–water partition coefficient (Wildman–Crippen LogP) is -0.677. The van der Waals surface area contributed by atoms with Gasteiger partial charge < -0.3 is 10.6 Å². The lowest BCUT2D eigenvalue weighted by atomic mass is 10.1. The first-order chi connectivity index (χ1) is 8.59. The van der Waals surface area contributed by atoms with E-state index in [0.717, 1.165) is 0 Å². The summed E-state index contributed by atoms with van der Waals surface area (Å²) in [6.07, 6.45) is 3.15. The maximum absolute atomic E-state index is 12.2. The van der Waals surface area contributed by atoms with Crippen LogP contribution in [-0.4, -0.2) is 59.3 Å². The Labute approximate surface area is 105 Å². The third-order valence-corrected chi connectivity index (χ3v) is 3.17. The zero-order chi connectivity index (χ0) is 13.1. The number of pyridine rings is 1. The number of likely N-dealkylation sites (N-methyl/N-ethyl adjacent to an activating group) is 1. The highest BCUT2D eigenvalue weighted by Crippen LogP contribution is 2.11. The molecule has 1 unspecified atom stereocenters. The minimum absolute atomic E-state index is 0.109. The van der Waals surface area contributed by atoms with Crippen LogP contribution in [0.5, 0.6) is 0 Å². The van der Waals surface area contributed by atoms with Crippen molar-refractivity contribution >= 4 is 11.8 Å². The Balaban J connectivity index is 2.11. The van der Waals surface area contributed by atoms with Crippen LogP contribution < -0.4 is 5.73 Å². The van der Waals surface area contributed by atoms with E-state index < -0.39 is 11.9 Å². The maximum Gasteiger partial charge on any atom is 0.255 e. The van der Waals surface area contributed by atoms with Gasteiger partial charge in [-0.2, -0.15) is 0 Å². The van der Waals surface area contributed by atoms with Crippen molar-refractivity contribution in [3.05, 3.63) is 30.1 Å². The lowest BCUT2D eigenvalue weighted by molar-refractivity contribution is -0.124. The van der Waals surface area contributed by atoms with E-state index in [0.29, 0.717) is 25.2 Å². The van der Waals surface area contributed by atoms with Crippen molar-refractivity contribution in [2.75, 3.05) is 26.7 Å². The van der Waals surface area contributed by atoms with Crippen molar-refractivity contribution in [2.45, 2.75) is 6.04 Å². The molecule has 1 fully saturated rings. The number of rotatable bonds is 2. The average Bonchev–Trinajstić information content (AvgIpc) is 2.39. The molecule has 1 aromatic rings. The molecule has 0 saturated carbocycles. The van der Waals surface area contributed by atoms with Gasteiger partial charge in [-0.05, 0) is 19.2 Å². The van der Waals surface area contributed by atoms with E-state index in [-0.39, 0.29) is 5.91 Å². The summed E-state index contributed by atoms with van der Waals surface area (Å²) in [6.45, 7) is 1.56. The molecule has 0 aromatic carbocycles. The molecule has 2 heterocycles. The second-order valence-corrected chi connectivity index (χ2v) is 4.39. The van der Waals surface area contributed by atoms with Gasteiger partial charge in [0.2, 0.25) is 5.91 Å². The average molecular weight is 248 g/mol. The van der Waals surface area contributed by atoms with Crippen LogP contribution in [0.15, 0.2) is 24.5 Å². The van der Waals surface area contributed by atoms with Crippen molar-refractivity contribution in [1.29, 1.82) is 0 Å². The van der Waals surface area contributed by atoms with Crippen LogP contribution in [0.25, 0.3) is 0 Å². The summed E-state index contributed by atoms with van der Waals surface area (Å²) in [5, 5.41) is 0. The van der Waals surface area contributed by atoms with Crippen LogP contribution >= 0.6 is 0 Å². The molecule has 0 radical (unpaired) electrons. The van der Waals surface area contributed by atoms with Crippen molar-refractivity contribution in [2.24, 2.45) is 5.73 Å². The van der Waals surface area contributed by atoms with Crippen molar-refractivity contribution in [1.82, 2.24) is 14.8 Å². The molecular formula is C12H16N4O2. The minimum Gasteiger partial charge on any atom is -0.368 e. The first kappa shape index (κ1) is 12.5. The second kappa shape index (κ2) is 5.14. The SMILES string of the molecule is CN1CCN(C(=O)c2cccnc2)CC1C(N)=O. The number of piperazine rings is 1. The highest BCUT2D eigenvalue weighted by atomic mass is 16.2. The number of hydrogen-bond donors (Lipinski definition) is 1. The summed E-state index contributed by atoms with van der Waals surface area (Å²) in [7, 11) is 1.83. The molecular weight excluding hydrogens is 232 g/mol. The predicted molar refractivity (Wildman–Crippen MR) is 65.8 cm³/mol. The standard InChI is InChI=1S/C12H16N4O2/c1-15-5-6-16(8-10(15)11(13)17)12(18)9-3-2-4-14-7-9/h2-4,7,10H,5-6,8H2,1H3,(H2,13,17). The van der Waals surface area contributed by atoms with Gasteiger partial charge in [-0.1, -0.05) is 0 Å². The molecule has 96 valence electrons. The van der Waals surface area contributed by atoms with Gasteiger partial charge in [0.25, 0.3) is 5.91 Å². The summed E-state index contributed by atoms with van der Waals surface area (Å²) >= 11 is 0. The largest absolute Gasteiger partial charge is 0.368 e. The summed E-state index contributed by atoms with van der Waals surface area (Å²) in [6, 6.07) is 3.02. The smallest absolute Gasteiger partial charge is 0.255 e. The lowest BCUT2D eigenvalue weighted by Crippen LogP contribution is -2.57. The van der Waals surface area contributed by atoms with Crippen molar-refractivity contribution in [3.63, 3.8) is 0 Å². The van der Waals surface area contributed by atoms with Gasteiger partial charge in [-0.25, -0.2) is 0 Å². The quantitative estimate of drug-likeness (QED) is 0.752. The van der Waals surface area contributed by atoms with E-state index in [1.165, 1.54) is 6.20 Å². The first-order valence-corrected chi connectivity index (χ1v) is 5.78. The molecule has 0 aliphatic carbocycles. The van der Waals surface area contributed by atoms with E-state index in [1.807, 2.05) is 11.9 Å². The van der Waals surface area contributed by atoms with Gasteiger partial charge >= 0.3 is 0 Å². The molecule has 2 N–H and O–H groups in total. The highest BCUT2D eigenvalue weighted by Gasteiger charge is 2.31. The van der Waals surface area contributed by atoms with Crippen LogP contribution in [-0.2, 0) is 4.79 Å². The monoisotopic (exact) mass is 248 g/mol. The number of aromatic nitrogens is 1. The van der Waals surface area contributed by atoms with Crippen LogP contribution in [0.4, 0.5) is 0 Å². The zero-order valence-corrected chi connectivity index (χ0v) is 10.2.